The number of carbonyl (C=O) groups is 1. The van der Waals surface area contributed by atoms with E-state index in [9.17, 15) is 9.18 Å². The molecule has 0 spiro atoms. The smallest absolute Gasteiger partial charge is 0.276 e. The second-order valence-electron chi connectivity index (χ2n) is 6.74. The van der Waals surface area contributed by atoms with Crippen molar-refractivity contribution in [3.05, 3.63) is 47.5 Å². The highest BCUT2D eigenvalue weighted by atomic mass is 35.5. The molecule has 1 N–H and O–H groups in total. The van der Waals surface area contributed by atoms with Crippen molar-refractivity contribution < 1.29 is 9.18 Å². The lowest BCUT2D eigenvalue weighted by Crippen LogP contribution is -2.32. The van der Waals surface area contributed by atoms with E-state index in [0.29, 0.717) is 17.8 Å². The van der Waals surface area contributed by atoms with Gasteiger partial charge in [0.2, 0.25) is 0 Å². The number of hydrogen-bond donors (Lipinski definition) is 1. The minimum atomic E-state index is -0.292. The molecule has 6 nitrogen and oxygen atoms in total. The Balaban J connectivity index is 0.00000261. The van der Waals surface area contributed by atoms with Crippen molar-refractivity contribution in [1.29, 1.82) is 0 Å². The predicted molar refractivity (Wildman–Crippen MR) is 104 cm³/mol. The Kier molecular flexibility index (Phi) is 8.19. The van der Waals surface area contributed by atoms with Crippen molar-refractivity contribution in [3.63, 3.8) is 0 Å². The van der Waals surface area contributed by atoms with Crippen LogP contribution in [0.25, 0.3) is 0 Å². The van der Waals surface area contributed by atoms with E-state index in [1.54, 1.807) is 34.0 Å². The lowest BCUT2D eigenvalue weighted by molar-refractivity contribution is 0.0733. The number of benzene rings is 1. The van der Waals surface area contributed by atoms with Gasteiger partial charge in [0.15, 0.2) is 5.69 Å². The first kappa shape index (κ1) is 21.3. The summed E-state index contributed by atoms with van der Waals surface area (Å²) in [6, 6.07) is 6.86. The van der Waals surface area contributed by atoms with Crippen molar-refractivity contribution in [2.45, 2.75) is 45.2 Å². The Labute approximate surface area is 165 Å². The number of rotatable bonds is 7. The number of piperidine rings is 1. The van der Waals surface area contributed by atoms with Crippen molar-refractivity contribution in [2.75, 3.05) is 19.6 Å². The first-order valence-corrected chi connectivity index (χ1v) is 9.34. The summed E-state index contributed by atoms with van der Waals surface area (Å²) in [6.45, 7) is 4.78. The lowest BCUT2D eigenvalue weighted by Gasteiger charge is -2.23. The molecule has 148 valence electrons. The van der Waals surface area contributed by atoms with Crippen LogP contribution in [0, 0.1) is 5.82 Å². The summed E-state index contributed by atoms with van der Waals surface area (Å²) in [7, 11) is 0. The van der Waals surface area contributed by atoms with E-state index in [2.05, 4.69) is 22.6 Å². The number of hydrogen-bond acceptors (Lipinski definition) is 4. The number of nitrogens with one attached hydrogen (secondary N) is 1. The Morgan fingerprint density at radius 1 is 1.33 bits per heavy atom. The van der Waals surface area contributed by atoms with Gasteiger partial charge in [0.1, 0.15) is 5.82 Å². The Bertz CT molecular complexity index is 732. The predicted octanol–water partition coefficient (Wildman–Crippen LogP) is 3.21. The van der Waals surface area contributed by atoms with Crippen LogP contribution in [-0.4, -0.2) is 45.4 Å². The van der Waals surface area contributed by atoms with Gasteiger partial charge in [-0.25, -0.2) is 9.07 Å². The van der Waals surface area contributed by atoms with E-state index in [1.807, 2.05) is 0 Å². The monoisotopic (exact) mass is 395 g/mol. The van der Waals surface area contributed by atoms with E-state index < -0.39 is 0 Å². The highest BCUT2D eigenvalue weighted by Gasteiger charge is 2.23. The summed E-state index contributed by atoms with van der Waals surface area (Å²) >= 11 is 0. The van der Waals surface area contributed by atoms with Crippen LogP contribution in [0.3, 0.4) is 0 Å². The SMILES string of the molecule is CCCCN(Cc1ccccc1F)C(=O)c1cn(C2CCNCC2)nn1.Cl. The zero-order valence-corrected chi connectivity index (χ0v) is 16.4. The summed E-state index contributed by atoms with van der Waals surface area (Å²) < 4.78 is 15.8. The maximum atomic E-state index is 14.0. The van der Waals surface area contributed by atoms with Crippen molar-refractivity contribution >= 4 is 18.3 Å². The molecule has 1 aromatic carbocycles. The molecule has 1 saturated heterocycles. The molecule has 1 aromatic heterocycles. The third-order valence-corrected chi connectivity index (χ3v) is 4.80. The molecule has 27 heavy (non-hydrogen) atoms. The number of nitrogens with zero attached hydrogens (tertiary/aromatic N) is 4. The molecule has 0 radical (unpaired) electrons. The fourth-order valence-electron chi connectivity index (χ4n) is 3.22. The molecule has 0 bridgehead atoms. The van der Waals surface area contributed by atoms with Crippen LogP contribution in [0.1, 0.15) is 54.7 Å². The first-order chi connectivity index (χ1) is 12.7. The zero-order chi connectivity index (χ0) is 18.4. The number of carbonyl (C=O) groups excluding carboxylic acids is 1. The standard InChI is InChI=1S/C19H26FN5O.ClH/c1-2-3-12-24(13-15-6-4-5-7-17(15)20)19(26)18-14-25(23-22-18)16-8-10-21-11-9-16;/h4-7,14,16,21H,2-3,8-13H2,1H3;1H. The summed E-state index contributed by atoms with van der Waals surface area (Å²) in [5.74, 6) is -0.484. The molecule has 0 saturated carbocycles. The minimum absolute atomic E-state index is 0. The topological polar surface area (TPSA) is 63.1 Å². The van der Waals surface area contributed by atoms with Crippen molar-refractivity contribution in [3.8, 4) is 0 Å². The van der Waals surface area contributed by atoms with E-state index in [0.717, 1.165) is 38.8 Å². The van der Waals surface area contributed by atoms with E-state index >= 15 is 0 Å². The van der Waals surface area contributed by atoms with Gasteiger partial charge >= 0.3 is 0 Å². The van der Waals surface area contributed by atoms with E-state index in [1.165, 1.54) is 6.07 Å². The molecular weight excluding hydrogens is 369 g/mol. The molecule has 1 fully saturated rings. The highest BCUT2D eigenvalue weighted by Crippen LogP contribution is 2.18. The van der Waals surface area contributed by atoms with Crippen LogP contribution >= 0.6 is 12.4 Å². The number of aromatic nitrogens is 3. The van der Waals surface area contributed by atoms with Crippen LogP contribution in [-0.2, 0) is 6.54 Å². The molecular formula is C19H27ClFN5O. The second-order valence-corrected chi connectivity index (χ2v) is 6.74. The third-order valence-electron chi connectivity index (χ3n) is 4.80. The second kappa shape index (κ2) is 10.4. The van der Waals surface area contributed by atoms with Gasteiger partial charge < -0.3 is 10.2 Å². The summed E-state index contributed by atoms with van der Waals surface area (Å²) in [4.78, 5) is 14.6. The van der Waals surface area contributed by atoms with Crippen LogP contribution in [0.4, 0.5) is 4.39 Å². The Morgan fingerprint density at radius 3 is 2.78 bits per heavy atom. The normalized spacial score (nSPS) is 14.6. The minimum Gasteiger partial charge on any atom is -0.333 e. The third kappa shape index (κ3) is 5.49. The summed E-state index contributed by atoms with van der Waals surface area (Å²) in [5.41, 5.74) is 0.846. The van der Waals surface area contributed by atoms with Gasteiger partial charge in [0, 0.05) is 18.7 Å². The van der Waals surface area contributed by atoms with E-state index in [4.69, 9.17) is 0 Å². The fraction of sp³-hybridized carbons (Fsp3) is 0.526. The van der Waals surface area contributed by atoms with Crippen LogP contribution < -0.4 is 5.32 Å². The fourth-order valence-corrected chi connectivity index (χ4v) is 3.22. The van der Waals surface area contributed by atoms with Crippen LogP contribution in [0.15, 0.2) is 30.5 Å². The van der Waals surface area contributed by atoms with E-state index in [-0.39, 0.29) is 36.7 Å². The first-order valence-electron chi connectivity index (χ1n) is 9.34. The Hall–Kier alpha value is -1.99. The average Bonchev–Trinajstić information content (AvgIpc) is 3.17. The maximum Gasteiger partial charge on any atom is 0.276 e. The zero-order valence-electron chi connectivity index (χ0n) is 15.6. The summed E-state index contributed by atoms with van der Waals surface area (Å²) in [6.07, 6.45) is 5.52. The molecule has 0 atom stereocenters. The largest absolute Gasteiger partial charge is 0.333 e. The molecule has 1 amide bonds. The summed E-state index contributed by atoms with van der Waals surface area (Å²) in [5, 5.41) is 11.6. The van der Waals surface area contributed by atoms with Gasteiger partial charge in [-0.2, -0.15) is 0 Å². The highest BCUT2D eigenvalue weighted by molar-refractivity contribution is 5.91. The van der Waals surface area contributed by atoms with Gasteiger partial charge in [0.25, 0.3) is 5.91 Å². The van der Waals surface area contributed by atoms with Gasteiger partial charge in [-0.05, 0) is 38.4 Å². The molecule has 1 aliphatic heterocycles. The van der Waals surface area contributed by atoms with Crippen molar-refractivity contribution in [1.82, 2.24) is 25.2 Å². The molecule has 2 heterocycles. The number of unbranched alkanes of at least 4 members (excludes halogenated alkanes) is 1. The van der Waals surface area contributed by atoms with Crippen molar-refractivity contribution in [2.24, 2.45) is 0 Å². The molecule has 2 aromatic rings. The van der Waals surface area contributed by atoms with Gasteiger partial charge in [0.05, 0.1) is 12.2 Å². The number of amides is 1. The van der Waals surface area contributed by atoms with Gasteiger partial charge in [-0.3, -0.25) is 4.79 Å². The molecule has 0 aliphatic carbocycles. The molecule has 8 heteroatoms. The van der Waals surface area contributed by atoms with Gasteiger partial charge in [-0.15, -0.1) is 17.5 Å². The maximum absolute atomic E-state index is 14.0. The molecule has 0 unspecified atom stereocenters. The Morgan fingerprint density at radius 2 is 2.07 bits per heavy atom. The molecule has 1 aliphatic rings. The molecule has 3 rings (SSSR count). The van der Waals surface area contributed by atoms with Crippen LogP contribution in [0.2, 0.25) is 0 Å². The number of halogens is 2. The van der Waals surface area contributed by atoms with Crippen LogP contribution in [0.5, 0.6) is 0 Å². The quantitative estimate of drug-likeness (QED) is 0.781. The average molecular weight is 396 g/mol. The lowest BCUT2D eigenvalue weighted by atomic mass is 10.1. The van der Waals surface area contributed by atoms with Gasteiger partial charge in [-0.1, -0.05) is 36.8 Å².